The van der Waals surface area contributed by atoms with Crippen LogP contribution in [0.4, 0.5) is 0 Å². The van der Waals surface area contributed by atoms with Gasteiger partial charge in [0.05, 0.1) is 20.9 Å². The Balaban J connectivity index is 1.27. The van der Waals surface area contributed by atoms with Crippen molar-refractivity contribution >= 4 is 33.2 Å². The first-order valence-corrected chi connectivity index (χ1v) is 9.44. The highest BCUT2D eigenvalue weighted by Crippen LogP contribution is 2.22. The molecule has 0 fully saturated rings. The molecule has 0 amide bonds. The summed E-state index contributed by atoms with van der Waals surface area (Å²) in [6.07, 6.45) is 5.77. The van der Waals surface area contributed by atoms with Gasteiger partial charge in [0.1, 0.15) is 12.3 Å². The molecule has 0 saturated heterocycles. The van der Waals surface area contributed by atoms with Crippen LogP contribution in [-0.2, 0) is 22.6 Å². The van der Waals surface area contributed by atoms with Crippen molar-refractivity contribution in [2.24, 2.45) is 0 Å². The van der Waals surface area contributed by atoms with E-state index < -0.39 is 0 Å². The third kappa shape index (κ3) is 3.60. The molecule has 0 bridgehead atoms. The molecule has 4 rings (SSSR count). The van der Waals surface area contributed by atoms with E-state index >= 15 is 0 Å². The van der Waals surface area contributed by atoms with E-state index in [4.69, 9.17) is 4.74 Å². The van der Waals surface area contributed by atoms with Crippen molar-refractivity contribution in [2.75, 3.05) is 0 Å². The number of hydrogen-bond acceptors (Lipinski definition) is 5. The van der Waals surface area contributed by atoms with E-state index in [2.05, 4.69) is 16.0 Å². The number of thiazole rings is 1. The second-order valence-corrected chi connectivity index (χ2v) is 7.36. The van der Waals surface area contributed by atoms with E-state index in [1.807, 2.05) is 54.0 Å². The zero-order chi connectivity index (χ0) is 17.9. The Kier molecular flexibility index (Phi) is 4.67. The lowest BCUT2D eigenvalue weighted by Gasteiger charge is -2.01. The van der Waals surface area contributed by atoms with Crippen molar-refractivity contribution < 1.29 is 9.53 Å². The highest BCUT2D eigenvalue weighted by Gasteiger charge is 2.09. The number of carbonyl (C=O) groups is 1. The predicted octanol–water partition coefficient (Wildman–Crippen LogP) is 4.32. The number of aryl methyl sites for hydroxylation is 2. The zero-order valence-electron chi connectivity index (χ0n) is 14.5. The Bertz CT molecular complexity index is 1030. The summed E-state index contributed by atoms with van der Waals surface area (Å²) in [5, 5.41) is 1.06. The molecule has 0 spiro atoms. The molecule has 0 unspecified atom stereocenters. The Hall–Kier alpha value is -2.73. The fourth-order valence-electron chi connectivity index (χ4n) is 2.91. The standard InChI is InChI=1S/C20H19N3O2S/c1-14-6-5-11-23-12-15(21-20(14)23)13-25-19(24)10-4-9-18-22-16-7-2-3-8-17(16)26-18/h2-3,5-8,11-12H,4,9-10,13H2,1H3. The summed E-state index contributed by atoms with van der Waals surface area (Å²) in [7, 11) is 0. The number of imidazole rings is 1. The maximum absolute atomic E-state index is 12.0. The molecule has 0 aliphatic carbocycles. The number of rotatable bonds is 6. The molecule has 3 heterocycles. The highest BCUT2D eigenvalue weighted by atomic mass is 32.1. The molecule has 132 valence electrons. The second-order valence-electron chi connectivity index (χ2n) is 6.24. The Morgan fingerprint density at radius 3 is 2.92 bits per heavy atom. The van der Waals surface area contributed by atoms with Gasteiger partial charge in [-0.25, -0.2) is 9.97 Å². The quantitative estimate of drug-likeness (QED) is 0.478. The van der Waals surface area contributed by atoms with Gasteiger partial charge in [0.15, 0.2) is 0 Å². The molecule has 0 aliphatic heterocycles. The van der Waals surface area contributed by atoms with Crippen molar-refractivity contribution in [3.8, 4) is 0 Å². The van der Waals surface area contributed by atoms with E-state index in [1.165, 1.54) is 4.70 Å². The normalized spacial score (nSPS) is 11.3. The number of ether oxygens (including phenoxy) is 1. The molecule has 26 heavy (non-hydrogen) atoms. The minimum Gasteiger partial charge on any atom is -0.459 e. The van der Waals surface area contributed by atoms with Crippen LogP contribution in [0.3, 0.4) is 0 Å². The third-order valence-electron chi connectivity index (χ3n) is 4.22. The van der Waals surface area contributed by atoms with Crippen LogP contribution in [0, 0.1) is 6.92 Å². The molecule has 6 heteroatoms. The van der Waals surface area contributed by atoms with Gasteiger partial charge in [-0.3, -0.25) is 4.79 Å². The number of hydrogen-bond donors (Lipinski definition) is 0. The van der Waals surface area contributed by atoms with E-state index in [0.29, 0.717) is 6.42 Å². The maximum atomic E-state index is 12.0. The first-order chi connectivity index (χ1) is 12.7. The minimum absolute atomic E-state index is 0.195. The number of fused-ring (bicyclic) bond motifs is 2. The summed E-state index contributed by atoms with van der Waals surface area (Å²) in [6, 6.07) is 12.1. The van der Waals surface area contributed by atoms with Crippen LogP contribution >= 0.6 is 11.3 Å². The van der Waals surface area contributed by atoms with Gasteiger partial charge >= 0.3 is 5.97 Å². The van der Waals surface area contributed by atoms with Crippen LogP contribution in [-0.4, -0.2) is 20.3 Å². The summed E-state index contributed by atoms with van der Waals surface area (Å²) in [6.45, 7) is 2.22. The molecular weight excluding hydrogens is 346 g/mol. The number of benzene rings is 1. The fraction of sp³-hybridized carbons (Fsp3) is 0.250. The number of para-hydroxylation sites is 1. The van der Waals surface area contributed by atoms with Gasteiger partial charge in [-0.05, 0) is 43.5 Å². The number of esters is 1. The molecule has 0 N–H and O–H groups in total. The van der Waals surface area contributed by atoms with Gasteiger partial charge in [-0.15, -0.1) is 11.3 Å². The van der Waals surface area contributed by atoms with Gasteiger partial charge in [0.25, 0.3) is 0 Å². The average Bonchev–Trinajstić information content (AvgIpc) is 3.24. The van der Waals surface area contributed by atoms with Crippen LogP contribution in [0.25, 0.3) is 15.9 Å². The summed E-state index contributed by atoms with van der Waals surface area (Å²) < 4.78 is 8.50. The fourth-order valence-corrected chi connectivity index (χ4v) is 3.92. The molecule has 0 saturated carbocycles. The molecule has 1 aromatic carbocycles. The maximum Gasteiger partial charge on any atom is 0.306 e. The van der Waals surface area contributed by atoms with Crippen LogP contribution < -0.4 is 0 Å². The van der Waals surface area contributed by atoms with Crippen molar-refractivity contribution in [3.05, 3.63) is 65.1 Å². The first-order valence-electron chi connectivity index (χ1n) is 8.62. The highest BCUT2D eigenvalue weighted by molar-refractivity contribution is 7.18. The first kappa shape index (κ1) is 16.7. The smallest absolute Gasteiger partial charge is 0.306 e. The van der Waals surface area contributed by atoms with Crippen molar-refractivity contribution in [3.63, 3.8) is 0 Å². The molecule has 0 radical (unpaired) electrons. The average molecular weight is 365 g/mol. The molecule has 4 aromatic rings. The number of carbonyl (C=O) groups excluding carboxylic acids is 1. The van der Waals surface area contributed by atoms with Gasteiger partial charge in [0.2, 0.25) is 0 Å². The minimum atomic E-state index is -0.195. The Labute approximate surface area is 155 Å². The molecule has 5 nitrogen and oxygen atoms in total. The van der Waals surface area contributed by atoms with E-state index in [1.54, 1.807) is 11.3 Å². The lowest BCUT2D eigenvalue weighted by Crippen LogP contribution is -2.05. The van der Waals surface area contributed by atoms with Crippen molar-refractivity contribution in [1.29, 1.82) is 0 Å². The molecule has 0 aliphatic rings. The van der Waals surface area contributed by atoms with E-state index in [-0.39, 0.29) is 12.6 Å². The van der Waals surface area contributed by atoms with Crippen molar-refractivity contribution in [1.82, 2.24) is 14.4 Å². The molecule has 0 atom stereocenters. The molecule has 3 aromatic heterocycles. The summed E-state index contributed by atoms with van der Waals surface area (Å²) in [5.74, 6) is -0.195. The van der Waals surface area contributed by atoms with Crippen LogP contribution in [0.2, 0.25) is 0 Å². The third-order valence-corrected chi connectivity index (χ3v) is 5.31. The van der Waals surface area contributed by atoms with Crippen LogP contribution in [0.5, 0.6) is 0 Å². The largest absolute Gasteiger partial charge is 0.459 e. The van der Waals surface area contributed by atoms with E-state index in [0.717, 1.165) is 40.3 Å². The lowest BCUT2D eigenvalue weighted by atomic mass is 10.2. The number of nitrogens with zero attached hydrogens (tertiary/aromatic N) is 3. The number of aromatic nitrogens is 3. The van der Waals surface area contributed by atoms with Crippen LogP contribution in [0.15, 0.2) is 48.8 Å². The SMILES string of the molecule is Cc1cccn2cc(COC(=O)CCCc3nc4ccccc4s3)nc12. The summed E-state index contributed by atoms with van der Waals surface area (Å²) in [5.41, 5.74) is 3.78. The Morgan fingerprint density at radius 2 is 2.08 bits per heavy atom. The topological polar surface area (TPSA) is 56.5 Å². The summed E-state index contributed by atoms with van der Waals surface area (Å²) >= 11 is 1.69. The van der Waals surface area contributed by atoms with Gasteiger partial charge < -0.3 is 9.14 Å². The van der Waals surface area contributed by atoms with Gasteiger partial charge in [-0.1, -0.05) is 18.2 Å². The van der Waals surface area contributed by atoms with E-state index in [9.17, 15) is 4.79 Å². The predicted molar refractivity (Wildman–Crippen MR) is 102 cm³/mol. The number of pyridine rings is 1. The monoisotopic (exact) mass is 365 g/mol. The second kappa shape index (κ2) is 7.25. The van der Waals surface area contributed by atoms with Crippen LogP contribution in [0.1, 0.15) is 29.1 Å². The van der Waals surface area contributed by atoms with Gasteiger partial charge in [-0.2, -0.15) is 0 Å². The zero-order valence-corrected chi connectivity index (χ0v) is 15.3. The summed E-state index contributed by atoms with van der Waals surface area (Å²) in [4.78, 5) is 21.1. The Morgan fingerprint density at radius 1 is 1.19 bits per heavy atom. The molecular formula is C20H19N3O2S. The lowest BCUT2D eigenvalue weighted by molar-refractivity contribution is -0.145. The van der Waals surface area contributed by atoms with Crippen molar-refractivity contribution in [2.45, 2.75) is 32.8 Å². The van der Waals surface area contributed by atoms with Gasteiger partial charge in [0, 0.05) is 18.8 Å².